The largest absolute Gasteiger partial charge is 0.341 e. The number of hydrogen-bond acceptors (Lipinski definition) is 8. The van der Waals surface area contributed by atoms with Crippen LogP contribution in [-0.2, 0) is 13.1 Å². The fourth-order valence-corrected chi connectivity index (χ4v) is 4.77. The van der Waals surface area contributed by atoms with Crippen molar-refractivity contribution in [2.24, 2.45) is 0 Å². The molecule has 1 aromatic carbocycles. The zero-order valence-corrected chi connectivity index (χ0v) is 18.9. The minimum absolute atomic E-state index is 0.227. The molecule has 9 nitrogen and oxygen atoms in total. The van der Waals surface area contributed by atoms with E-state index in [9.17, 15) is 5.26 Å². The first-order valence-electron chi connectivity index (χ1n) is 10.9. The van der Waals surface area contributed by atoms with Crippen LogP contribution < -0.4 is 4.90 Å². The summed E-state index contributed by atoms with van der Waals surface area (Å²) in [4.78, 5) is 12.9. The number of rotatable bonds is 3. The summed E-state index contributed by atoms with van der Waals surface area (Å²) >= 11 is 6.31. The van der Waals surface area contributed by atoms with E-state index in [2.05, 4.69) is 46.7 Å². The predicted molar refractivity (Wildman–Crippen MR) is 122 cm³/mol. The quantitative estimate of drug-likeness (QED) is 0.587. The zero-order valence-electron chi connectivity index (χ0n) is 18.2. The SMILES string of the molecule is CC(C#N)N1Cc2cc(Cl)ccc2-n2c(nnc2C2CCN(c3nccc(C#N)n3)CC2)C1. The Morgan fingerprint density at radius 1 is 1.12 bits per heavy atom. The van der Waals surface area contributed by atoms with Crippen molar-refractivity contribution < 1.29 is 0 Å². The molecular weight excluding hydrogens is 438 g/mol. The Kier molecular flexibility index (Phi) is 5.67. The average Bonchev–Trinajstić information content (AvgIpc) is 3.19. The summed E-state index contributed by atoms with van der Waals surface area (Å²) in [5.41, 5.74) is 2.45. The van der Waals surface area contributed by atoms with Crippen molar-refractivity contribution in [2.75, 3.05) is 18.0 Å². The van der Waals surface area contributed by atoms with E-state index >= 15 is 0 Å². The van der Waals surface area contributed by atoms with Crippen LogP contribution in [0.4, 0.5) is 5.95 Å². The molecule has 5 rings (SSSR count). The highest BCUT2D eigenvalue weighted by Crippen LogP contribution is 2.34. The topological polar surface area (TPSA) is 111 Å². The lowest BCUT2D eigenvalue weighted by atomic mass is 9.95. The van der Waals surface area contributed by atoms with E-state index in [0.29, 0.717) is 29.8 Å². The smallest absolute Gasteiger partial charge is 0.226 e. The van der Waals surface area contributed by atoms with Crippen LogP contribution in [0.15, 0.2) is 30.5 Å². The van der Waals surface area contributed by atoms with Crippen LogP contribution in [-0.4, -0.2) is 48.8 Å². The number of nitrogens with zero attached hydrogens (tertiary/aromatic N) is 9. The van der Waals surface area contributed by atoms with Crippen molar-refractivity contribution in [3.63, 3.8) is 0 Å². The highest BCUT2D eigenvalue weighted by Gasteiger charge is 2.31. The molecule has 1 unspecified atom stereocenters. The lowest BCUT2D eigenvalue weighted by Crippen LogP contribution is -2.35. The number of benzene rings is 1. The summed E-state index contributed by atoms with van der Waals surface area (Å²) in [6.07, 6.45) is 3.38. The first-order chi connectivity index (χ1) is 16.1. The summed E-state index contributed by atoms with van der Waals surface area (Å²) < 4.78 is 2.16. The molecular formula is C23H22ClN9. The maximum absolute atomic E-state index is 9.50. The Hall–Kier alpha value is -3.53. The molecule has 3 aromatic rings. The predicted octanol–water partition coefficient (Wildman–Crippen LogP) is 3.19. The maximum Gasteiger partial charge on any atom is 0.226 e. The third kappa shape index (κ3) is 4.02. The van der Waals surface area contributed by atoms with E-state index in [4.69, 9.17) is 16.9 Å². The molecule has 0 amide bonds. The van der Waals surface area contributed by atoms with Crippen LogP contribution in [0.5, 0.6) is 0 Å². The second-order valence-electron chi connectivity index (χ2n) is 8.41. The molecule has 0 aliphatic carbocycles. The Morgan fingerprint density at radius 3 is 2.70 bits per heavy atom. The standard InChI is InChI=1S/C23H22ClN9/c1-15(11-25)32-13-17-10-18(24)2-3-20(17)33-21(14-32)29-30-22(33)16-5-8-31(9-6-16)23-27-7-4-19(12-26)28-23/h2-4,7,10,15-16H,5-6,8-9,13-14H2,1H3. The molecule has 0 saturated carbocycles. The number of piperidine rings is 1. The molecule has 1 atom stereocenters. The third-order valence-electron chi connectivity index (χ3n) is 6.39. The third-order valence-corrected chi connectivity index (χ3v) is 6.63. The van der Waals surface area contributed by atoms with Gasteiger partial charge in [0.15, 0.2) is 5.82 Å². The number of aromatic nitrogens is 5. The van der Waals surface area contributed by atoms with Crippen molar-refractivity contribution >= 4 is 17.5 Å². The van der Waals surface area contributed by atoms with Gasteiger partial charge in [0.05, 0.1) is 24.3 Å². The summed E-state index contributed by atoms with van der Waals surface area (Å²) in [6, 6.07) is 11.6. The maximum atomic E-state index is 9.50. The summed E-state index contributed by atoms with van der Waals surface area (Å²) in [6.45, 7) is 4.61. The minimum atomic E-state index is -0.254. The van der Waals surface area contributed by atoms with Crippen molar-refractivity contribution in [1.82, 2.24) is 29.6 Å². The molecule has 2 aromatic heterocycles. The molecule has 2 aliphatic rings. The first kappa shape index (κ1) is 21.3. The lowest BCUT2D eigenvalue weighted by Gasteiger charge is -2.31. The van der Waals surface area contributed by atoms with Gasteiger partial charge in [0.2, 0.25) is 5.95 Å². The molecule has 33 heavy (non-hydrogen) atoms. The highest BCUT2D eigenvalue weighted by atomic mass is 35.5. The van der Waals surface area contributed by atoms with Crippen LogP contribution in [0.25, 0.3) is 5.69 Å². The van der Waals surface area contributed by atoms with Crippen LogP contribution >= 0.6 is 11.6 Å². The number of anilines is 1. The molecule has 0 spiro atoms. The normalized spacial score (nSPS) is 17.4. The highest BCUT2D eigenvalue weighted by molar-refractivity contribution is 6.30. The molecule has 0 bridgehead atoms. The lowest BCUT2D eigenvalue weighted by molar-refractivity contribution is 0.225. The Labute approximate surface area is 196 Å². The molecule has 1 saturated heterocycles. The molecule has 4 heterocycles. The van der Waals surface area contributed by atoms with Crippen LogP contribution in [0.3, 0.4) is 0 Å². The van der Waals surface area contributed by atoms with Gasteiger partial charge in [0, 0.05) is 36.8 Å². The minimum Gasteiger partial charge on any atom is -0.341 e. The second kappa shape index (κ2) is 8.78. The van der Waals surface area contributed by atoms with Gasteiger partial charge in [-0.1, -0.05) is 11.6 Å². The van der Waals surface area contributed by atoms with Gasteiger partial charge in [-0.15, -0.1) is 10.2 Å². The number of nitriles is 2. The first-order valence-corrected chi connectivity index (χ1v) is 11.3. The molecule has 2 aliphatic heterocycles. The fourth-order valence-electron chi connectivity index (χ4n) is 4.57. The van der Waals surface area contributed by atoms with Gasteiger partial charge < -0.3 is 4.90 Å². The van der Waals surface area contributed by atoms with E-state index in [1.165, 1.54) is 0 Å². The zero-order chi connectivity index (χ0) is 22.9. The van der Waals surface area contributed by atoms with E-state index in [1.807, 2.05) is 25.1 Å². The van der Waals surface area contributed by atoms with E-state index < -0.39 is 0 Å². The molecule has 166 valence electrons. The Balaban J connectivity index is 1.45. The van der Waals surface area contributed by atoms with Crippen LogP contribution in [0.1, 0.15) is 48.6 Å². The second-order valence-corrected chi connectivity index (χ2v) is 8.84. The van der Waals surface area contributed by atoms with Crippen molar-refractivity contribution in [1.29, 1.82) is 10.5 Å². The van der Waals surface area contributed by atoms with Crippen molar-refractivity contribution in [3.05, 3.63) is 58.4 Å². The average molecular weight is 460 g/mol. The number of fused-ring (bicyclic) bond motifs is 3. The van der Waals surface area contributed by atoms with Gasteiger partial charge >= 0.3 is 0 Å². The van der Waals surface area contributed by atoms with Gasteiger partial charge in [0.25, 0.3) is 0 Å². The summed E-state index contributed by atoms with van der Waals surface area (Å²) in [7, 11) is 0. The van der Waals surface area contributed by atoms with Crippen LogP contribution in [0, 0.1) is 22.7 Å². The van der Waals surface area contributed by atoms with E-state index in [1.54, 1.807) is 12.3 Å². The van der Waals surface area contributed by atoms with Crippen molar-refractivity contribution in [3.8, 4) is 17.8 Å². The molecule has 10 heteroatoms. The van der Waals surface area contributed by atoms with E-state index in [-0.39, 0.29) is 12.0 Å². The number of halogens is 1. The molecule has 0 radical (unpaired) electrons. The van der Waals surface area contributed by atoms with Gasteiger partial charge in [-0.05, 0) is 49.6 Å². The van der Waals surface area contributed by atoms with Crippen LogP contribution in [0.2, 0.25) is 5.02 Å². The van der Waals surface area contributed by atoms with Gasteiger partial charge in [-0.2, -0.15) is 10.5 Å². The fraction of sp³-hybridized carbons (Fsp3) is 0.391. The monoisotopic (exact) mass is 459 g/mol. The molecule has 0 N–H and O–H groups in total. The summed E-state index contributed by atoms with van der Waals surface area (Å²) in [5, 5.41) is 28.4. The van der Waals surface area contributed by atoms with Gasteiger partial charge in [-0.3, -0.25) is 9.47 Å². The summed E-state index contributed by atoms with van der Waals surface area (Å²) in [5.74, 6) is 2.59. The Morgan fingerprint density at radius 2 is 1.94 bits per heavy atom. The van der Waals surface area contributed by atoms with Gasteiger partial charge in [-0.25, -0.2) is 9.97 Å². The van der Waals surface area contributed by atoms with Gasteiger partial charge in [0.1, 0.15) is 17.6 Å². The Bertz CT molecular complexity index is 1260. The van der Waals surface area contributed by atoms with E-state index in [0.717, 1.165) is 48.8 Å². The molecule has 1 fully saturated rings. The van der Waals surface area contributed by atoms with Crippen molar-refractivity contribution in [2.45, 2.75) is 44.8 Å². The number of hydrogen-bond donors (Lipinski definition) is 0.